The first-order valence-corrected chi connectivity index (χ1v) is 9.42. The van der Waals surface area contributed by atoms with Crippen LogP contribution < -0.4 is 4.18 Å². The van der Waals surface area contributed by atoms with Crippen molar-refractivity contribution in [3.05, 3.63) is 24.4 Å². The van der Waals surface area contributed by atoms with E-state index in [4.69, 9.17) is 0 Å². The van der Waals surface area contributed by atoms with Gasteiger partial charge in [0.2, 0.25) is 0 Å². The number of aromatic amines is 1. The fourth-order valence-electron chi connectivity index (χ4n) is 1.40. The molecule has 1 aromatic carbocycles. The van der Waals surface area contributed by atoms with E-state index in [-0.39, 0.29) is 5.75 Å². The number of nitrogens with one attached hydrogen (secondary N) is 1. The molecule has 0 atom stereocenters. The van der Waals surface area contributed by atoms with Gasteiger partial charge in [0.25, 0.3) is 0 Å². The van der Waals surface area contributed by atoms with Crippen LogP contribution in [0.2, 0.25) is 0 Å². The standard InChI is InChI=1S/C9H5F3INO3S2/c10-9(11,12)19(15,16)17-7-2-1-6-5(3-4-14-6)8(7)18-13/h1-4,14H. The van der Waals surface area contributed by atoms with Gasteiger partial charge in [-0.25, -0.2) is 0 Å². The van der Waals surface area contributed by atoms with E-state index in [0.717, 1.165) is 8.93 Å². The van der Waals surface area contributed by atoms with Crippen LogP contribution in [0.5, 0.6) is 5.75 Å². The zero-order valence-corrected chi connectivity index (χ0v) is 12.7. The number of alkyl halides is 3. The summed E-state index contributed by atoms with van der Waals surface area (Å²) in [7, 11) is -4.59. The summed E-state index contributed by atoms with van der Waals surface area (Å²) < 4.78 is 63.0. The molecule has 4 nitrogen and oxygen atoms in total. The number of hydrogen-bond acceptors (Lipinski definition) is 4. The number of H-pyrrole nitrogens is 1. The Morgan fingerprint density at radius 2 is 1.95 bits per heavy atom. The predicted octanol–water partition coefficient (Wildman–Crippen LogP) is 3.84. The molecule has 19 heavy (non-hydrogen) atoms. The molecule has 0 aliphatic rings. The van der Waals surface area contributed by atoms with Crippen LogP contribution in [0.15, 0.2) is 29.3 Å². The van der Waals surface area contributed by atoms with Gasteiger partial charge in [-0.2, -0.15) is 21.6 Å². The predicted molar refractivity (Wildman–Crippen MR) is 73.8 cm³/mol. The molecule has 0 bridgehead atoms. The van der Waals surface area contributed by atoms with Gasteiger partial charge in [-0.1, -0.05) is 0 Å². The molecule has 10 heteroatoms. The van der Waals surface area contributed by atoms with E-state index < -0.39 is 15.6 Å². The average molecular weight is 423 g/mol. The Bertz CT molecular complexity index is 711. The summed E-state index contributed by atoms with van der Waals surface area (Å²) in [5, 5.41) is 0.592. The van der Waals surface area contributed by atoms with Crippen molar-refractivity contribution in [1.82, 2.24) is 4.98 Å². The normalized spacial score (nSPS) is 12.8. The lowest BCUT2D eigenvalue weighted by Gasteiger charge is -2.12. The Morgan fingerprint density at radius 1 is 1.26 bits per heavy atom. The van der Waals surface area contributed by atoms with Gasteiger partial charge >= 0.3 is 15.6 Å². The molecule has 1 heterocycles. The Balaban J connectivity index is 2.52. The van der Waals surface area contributed by atoms with Crippen LogP contribution in [-0.4, -0.2) is 18.9 Å². The summed E-state index contributed by atoms with van der Waals surface area (Å²) in [6, 6.07) is 4.26. The molecule has 0 unspecified atom stereocenters. The molecule has 1 N–H and O–H groups in total. The maximum atomic E-state index is 12.3. The van der Waals surface area contributed by atoms with Crippen LogP contribution in [0.25, 0.3) is 10.9 Å². The molecule has 0 saturated heterocycles. The van der Waals surface area contributed by atoms with Crippen LogP contribution in [0, 0.1) is 0 Å². The lowest BCUT2D eigenvalue weighted by molar-refractivity contribution is -0.0500. The topological polar surface area (TPSA) is 59.2 Å². The summed E-state index contributed by atoms with van der Waals surface area (Å²) >= 11 is 1.84. The molecule has 0 fully saturated rings. The molecule has 2 rings (SSSR count). The third kappa shape index (κ3) is 2.79. The quantitative estimate of drug-likeness (QED) is 0.463. The molecule has 2 aromatic rings. The number of fused-ring (bicyclic) bond motifs is 1. The molecule has 1 aromatic heterocycles. The fraction of sp³-hybridized carbons (Fsp3) is 0.111. The van der Waals surface area contributed by atoms with Gasteiger partial charge in [0, 0.05) is 38.3 Å². The molecular weight excluding hydrogens is 418 g/mol. The lowest BCUT2D eigenvalue weighted by Crippen LogP contribution is -2.28. The minimum atomic E-state index is -5.66. The van der Waals surface area contributed by atoms with E-state index in [0.29, 0.717) is 15.8 Å². The van der Waals surface area contributed by atoms with Crippen molar-refractivity contribution in [3.8, 4) is 5.75 Å². The van der Waals surface area contributed by atoms with Crippen LogP contribution in [-0.2, 0) is 10.1 Å². The second-order valence-electron chi connectivity index (χ2n) is 3.39. The molecule has 0 saturated carbocycles. The summed E-state index contributed by atoms with van der Waals surface area (Å²) in [5.74, 6) is -0.344. The third-order valence-corrected chi connectivity index (χ3v) is 5.07. The second kappa shape index (κ2) is 5.05. The first-order valence-electron chi connectivity index (χ1n) is 4.65. The van der Waals surface area contributed by atoms with Gasteiger partial charge in [0.05, 0.1) is 4.90 Å². The van der Waals surface area contributed by atoms with Gasteiger partial charge in [0.1, 0.15) is 0 Å². The maximum absolute atomic E-state index is 12.3. The van der Waals surface area contributed by atoms with E-state index in [9.17, 15) is 21.6 Å². The van der Waals surface area contributed by atoms with Crippen molar-refractivity contribution in [2.75, 3.05) is 0 Å². The van der Waals surface area contributed by atoms with E-state index in [1.54, 1.807) is 12.3 Å². The molecule has 0 aliphatic carbocycles. The highest BCUT2D eigenvalue weighted by molar-refractivity contribution is 14.2. The Hall–Kier alpha value is -0.620. The Morgan fingerprint density at radius 3 is 2.53 bits per heavy atom. The van der Waals surface area contributed by atoms with E-state index >= 15 is 0 Å². The Labute approximate surface area is 122 Å². The van der Waals surface area contributed by atoms with Crippen molar-refractivity contribution >= 4 is 51.2 Å². The van der Waals surface area contributed by atoms with Crippen molar-refractivity contribution in [2.24, 2.45) is 0 Å². The number of aromatic nitrogens is 1. The van der Waals surface area contributed by atoms with Gasteiger partial charge in [0.15, 0.2) is 5.75 Å². The minimum Gasteiger partial charge on any atom is -0.375 e. The van der Waals surface area contributed by atoms with Gasteiger partial charge in [-0.3, -0.25) is 0 Å². The van der Waals surface area contributed by atoms with Gasteiger partial charge < -0.3 is 9.17 Å². The lowest BCUT2D eigenvalue weighted by atomic mass is 10.2. The van der Waals surface area contributed by atoms with Crippen molar-refractivity contribution in [3.63, 3.8) is 0 Å². The van der Waals surface area contributed by atoms with Crippen LogP contribution in [0.4, 0.5) is 13.2 Å². The largest absolute Gasteiger partial charge is 0.534 e. The van der Waals surface area contributed by atoms with Crippen LogP contribution in [0.1, 0.15) is 0 Å². The number of hydrogen-bond donors (Lipinski definition) is 1. The van der Waals surface area contributed by atoms with E-state index in [1.165, 1.54) is 12.1 Å². The zero-order valence-electron chi connectivity index (χ0n) is 8.86. The van der Waals surface area contributed by atoms with Crippen molar-refractivity contribution < 1.29 is 25.8 Å². The van der Waals surface area contributed by atoms with Crippen molar-refractivity contribution in [1.29, 1.82) is 0 Å². The third-order valence-electron chi connectivity index (χ3n) is 2.21. The highest BCUT2D eigenvalue weighted by atomic mass is 127. The van der Waals surface area contributed by atoms with E-state index in [2.05, 4.69) is 9.17 Å². The first kappa shape index (κ1) is 14.8. The van der Waals surface area contributed by atoms with Crippen molar-refractivity contribution in [2.45, 2.75) is 10.4 Å². The average Bonchev–Trinajstić information content (AvgIpc) is 2.74. The zero-order chi connectivity index (χ0) is 14.3. The van der Waals surface area contributed by atoms with Gasteiger partial charge in [-0.15, -0.1) is 0 Å². The van der Waals surface area contributed by atoms with E-state index in [1.807, 2.05) is 21.2 Å². The van der Waals surface area contributed by atoms with Crippen LogP contribution >= 0.6 is 30.1 Å². The molecule has 0 radical (unpaired) electrons. The maximum Gasteiger partial charge on any atom is 0.534 e. The second-order valence-corrected chi connectivity index (χ2v) is 6.81. The summed E-state index contributed by atoms with van der Waals surface area (Å²) in [5.41, 5.74) is -4.77. The molecule has 0 aliphatic heterocycles. The fourth-order valence-corrected chi connectivity index (χ4v) is 3.73. The summed E-state index contributed by atoms with van der Waals surface area (Å²) in [4.78, 5) is 3.18. The molecular formula is C9H5F3INO3S2. The van der Waals surface area contributed by atoms with Crippen LogP contribution in [0.3, 0.4) is 0 Å². The summed E-state index contributed by atoms with van der Waals surface area (Å²) in [6.45, 7) is 0. The minimum absolute atomic E-state index is 0.312. The number of benzene rings is 1. The SMILES string of the molecule is O=S(=O)(Oc1ccc2[nH]ccc2c1SI)C(F)(F)F. The Kier molecular flexibility index (Phi) is 3.93. The first-order chi connectivity index (χ1) is 8.76. The smallest absolute Gasteiger partial charge is 0.375 e. The summed E-state index contributed by atoms with van der Waals surface area (Å²) in [6.07, 6.45) is 1.60. The molecule has 104 valence electrons. The van der Waals surface area contributed by atoms with Gasteiger partial charge in [-0.05, 0) is 27.1 Å². The monoisotopic (exact) mass is 423 g/mol. The highest BCUT2D eigenvalue weighted by Gasteiger charge is 2.48. The molecule has 0 spiro atoms. The number of rotatable bonds is 3. The highest BCUT2D eigenvalue weighted by Crippen LogP contribution is 2.41. The molecule has 0 amide bonds. The number of halogens is 4.